The van der Waals surface area contributed by atoms with E-state index in [9.17, 15) is 9.59 Å². The predicted molar refractivity (Wildman–Crippen MR) is 99.0 cm³/mol. The summed E-state index contributed by atoms with van der Waals surface area (Å²) in [6, 6.07) is 0.000225. The lowest BCUT2D eigenvalue weighted by Gasteiger charge is -2.38. The van der Waals surface area contributed by atoms with Gasteiger partial charge < -0.3 is 19.9 Å². The van der Waals surface area contributed by atoms with Gasteiger partial charge in [0.2, 0.25) is 5.91 Å². The Balaban J connectivity index is 0.00000225. The quantitative estimate of drug-likeness (QED) is 0.727. The molecule has 3 fully saturated rings. The molecule has 25 heavy (non-hydrogen) atoms. The Hall–Kier alpha value is -1.01. The molecule has 0 bridgehead atoms. The van der Waals surface area contributed by atoms with Crippen molar-refractivity contribution in [3.63, 3.8) is 0 Å². The first kappa shape index (κ1) is 20.3. The lowest BCUT2D eigenvalue weighted by atomic mass is 9.91. The predicted octanol–water partition coefficient (Wildman–Crippen LogP) is 2.55. The van der Waals surface area contributed by atoms with E-state index in [2.05, 4.69) is 12.2 Å². The number of hydrogen-bond acceptors (Lipinski definition) is 4. The number of ether oxygens (including phenoxy) is 1. The highest BCUT2D eigenvalue weighted by Crippen LogP contribution is 2.33. The molecule has 3 aliphatic rings. The molecular formula is C18H32ClN3O3. The van der Waals surface area contributed by atoms with Crippen LogP contribution < -0.4 is 5.32 Å². The molecule has 1 N–H and O–H groups in total. The second-order valence-corrected chi connectivity index (χ2v) is 7.51. The third-order valence-corrected chi connectivity index (χ3v) is 5.67. The molecule has 0 aromatic carbocycles. The van der Waals surface area contributed by atoms with Gasteiger partial charge in [0, 0.05) is 32.5 Å². The van der Waals surface area contributed by atoms with Crippen molar-refractivity contribution in [2.45, 2.75) is 69.9 Å². The molecule has 0 aromatic rings. The lowest BCUT2D eigenvalue weighted by Crippen LogP contribution is -2.52. The van der Waals surface area contributed by atoms with Crippen LogP contribution in [-0.2, 0) is 9.53 Å². The first-order valence-electron chi connectivity index (χ1n) is 9.64. The van der Waals surface area contributed by atoms with Gasteiger partial charge in [0.1, 0.15) is 5.60 Å². The topological polar surface area (TPSA) is 61.9 Å². The van der Waals surface area contributed by atoms with Crippen molar-refractivity contribution in [1.82, 2.24) is 15.1 Å². The number of nitrogens with zero attached hydrogens (tertiary/aromatic N) is 2. The van der Waals surface area contributed by atoms with Crippen LogP contribution in [0.15, 0.2) is 0 Å². The standard InChI is InChI=1S/C18H31N3O3.ClH/c1-2-3-4-5-11-21-14-18(24-17(21)23)8-12-20(13-9-18)16(22)15-7-6-10-19-15;/h15,19H,2-14H2,1H3;1H/t15-;/m1./s1. The smallest absolute Gasteiger partial charge is 0.410 e. The van der Waals surface area contributed by atoms with Crippen molar-refractivity contribution in [2.75, 3.05) is 32.7 Å². The minimum absolute atomic E-state index is 0. The molecule has 0 aromatic heterocycles. The largest absolute Gasteiger partial charge is 0.441 e. The van der Waals surface area contributed by atoms with Gasteiger partial charge in [0.25, 0.3) is 0 Å². The summed E-state index contributed by atoms with van der Waals surface area (Å²) in [4.78, 5) is 28.4. The van der Waals surface area contributed by atoms with Gasteiger partial charge in [-0.3, -0.25) is 4.79 Å². The van der Waals surface area contributed by atoms with Crippen LogP contribution in [0.1, 0.15) is 58.3 Å². The Bertz CT molecular complexity index is 460. The Kier molecular flexibility index (Phi) is 7.37. The molecule has 0 aliphatic carbocycles. The van der Waals surface area contributed by atoms with Gasteiger partial charge >= 0.3 is 6.09 Å². The molecule has 3 aliphatic heterocycles. The molecule has 0 unspecified atom stereocenters. The van der Waals surface area contributed by atoms with E-state index in [0.29, 0.717) is 19.6 Å². The Morgan fingerprint density at radius 1 is 1.28 bits per heavy atom. The normalized spacial score (nSPS) is 25.2. The first-order valence-corrected chi connectivity index (χ1v) is 9.64. The van der Waals surface area contributed by atoms with Crippen LogP contribution in [0.3, 0.4) is 0 Å². The van der Waals surface area contributed by atoms with Crippen LogP contribution in [0.25, 0.3) is 0 Å². The summed E-state index contributed by atoms with van der Waals surface area (Å²) in [5.41, 5.74) is -0.359. The van der Waals surface area contributed by atoms with Gasteiger partial charge in [-0.25, -0.2) is 4.79 Å². The molecule has 2 amide bonds. The number of carbonyl (C=O) groups is 2. The van der Waals surface area contributed by atoms with Crippen molar-refractivity contribution in [2.24, 2.45) is 0 Å². The Morgan fingerprint density at radius 2 is 2.04 bits per heavy atom. The van der Waals surface area contributed by atoms with Crippen LogP contribution in [0.5, 0.6) is 0 Å². The van der Waals surface area contributed by atoms with Crippen molar-refractivity contribution >= 4 is 24.4 Å². The van der Waals surface area contributed by atoms with E-state index in [4.69, 9.17) is 4.74 Å². The fraction of sp³-hybridized carbons (Fsp3) is 0.889. The van der Waals surface area contributed by atoms with Gasteiger partial charge in [-0.05, 0) is 25.8 Å². The van der Waals surface area contributed by atoms with Crippen molar-refractivity contribution in [3.8, 4) is 0 Å². The molecule has 7 heteroatoms. The molecule has 0 saturated carbocycles. The van der Waals surface area contributed by atoms with E-state index in [1.54, 1.807) is 0 Å². The summed E-state index contributed by atoms with van der Waals surface area (Å²) in [5.74, 6) is 0.225. The third-order valence-electron chi connectivity index (χ3n) is 5.67. The monoisotopic (exact) mass is 373 g/mol. The average molecular weight is 374 g/mol. The Morgan fingerprint density at radius 3 is 2.68 bits per heavy atom. The summed E-state index contributed by atoms with van der Waals surface area (Å²) in [5, 5.41) is 3.28. The molecular weight excluding hydrogens is 342 g/mol. The molecule has 1 spiro atoms. The number of amides is 2. The number of rotatable bonds is 6. The number of nitrogens with one attached hydrogen (secondary N) is 1. The van der Waals surface area contributed by atoms with Gasteiger partial charge in [0.05, 0.1) is 12.6 Å². The summed E-state index contributed by atoms with van der Waals surface area (Å²) in [6.45, 7) is 6.03. The molecule has 3 saturated heterocycles. The summed E-state index contributed by atoms with van der Waals surface area (Å²) in [6.07, 6.45) is 8.05. The van der Waals surface area contributed by atoms with E-state index >= 15 is 0 Å². The number of carbonyl (C=O) groups excluding carboxylic acids is 2. The first-order chi connectivity index (χ1) is 11.6. The maximum absolute atomic E-state index is 12.5. The van der Waals surface area contributed by atoms with Crippen LogP contribution in [0.2, 0.25) is 0 Å². The van der Waals surface area contributed by atoms with Crippen LogP contribution in [0.4, 0.5) is 4.79 Å². The van der Waals surface area contributed by atoms with E-state index in [1.165, 1.54) is 19.3 Å². The van der Waals surface area contributed by atoms with Crippen LogP contribution in [0, 0.1) is 0 Å². The van der Waals surface area contributed by atoms with E-state index in [-0.39, 0.29) is 36.1 Å². The van der Waals surface area contributed by atoms with E-state index < -0.39 is 0 Å². The van der Waals surface area contributed by atoms with Gasteiger partial charge in [-0.2, -0.15) is 0 Å². The summed E-state index contributed by atoms with van der Waals surface area (Å²) >= 11 is 0. The minimum Gasteiger partial charge on any atom is -0.441 e. The Labute approximate surface area is 157 Å². The fourth-order valence-corrected chi connectivity index (χ4v) is 4.10. The maximum atomic E-state index is 12.5. The highest BCUT2D eigenvalue weighted by atomic mass is 35.5. The highest BCUT2D eigenvalue weighted by Gasteiger charge is 2.47. The molecule has 6 nitrogen and oxygen atoms in total. The van der Waals surface area contributed by atoms with E-state index in [1.807, 2.05) is 9.80 Å². The second-order valence-electron chi connectivity index (χ2n) is 7.51. The summed E-state index contributed by atoms with van der Waals surface area (Å²) < 4.78 is 5.75. The number of likely N-dealkylation sites (tertiary alicyclic amines) is 1. The zero-order valence-electron chi connectivity index (χ0n) is 15.3. The fourth-order valence-electron chi connectivity index (χ4n) is 4.10. The van der Waals surface area contributed by atoms with Gasteiger partial charge in [-0.1, -0.05) is 26.2 Å². The molecule has 3 rings (SSSR count). The van der Waals surface area contributed by atoms with E-state index in [0.717, 1.165) is 45.2 Å². The molecule has 1 atom stereocenters. The number of piperidine rings is 1. The van der Waals surface area contributed by atoms with Crippen LogP contribution >= 0.6 is 12.4 Å². The SMILES string of the molecule is CCCCCCN1CC2(CCN(C(=O)[C@H]3CCCN3)CC2)OC1=O.Cl. The zero-order valence-corrected chi connectivity index (χ0v) is 16.1. The molecule has 0 radical (unpaired) electrons. The number of unbranched alkanes of at least 4 members (excludes halogenated alkanes) is 3. The second kappa shape index (κ2) is 9.08. The number of halogens is 1. The van der Waals surface area contributed by atoms with Gasteiger partial charge in [0.15, 0.2) is 0 Å². The molecule has 3 heterocycles. The zero-order chi connectivity index (χ0) is 17.0. The maximum Gasteiger partial charge on any atom is 0.410 e. The van der Waals surface area contributed by atoms with Crippen molar-refractivity contribution in [3.05, 3.63) is 0 Å². The van der Waals surface area contributed by atoms with Crippen LogP contribution in [-0.4, -0.2) is 66.2 Å². The average Bonchev–Trinajstić information content (AvgIpc) is 3.21. The highest BCUT2D eigenvalue weighted by molar-refractivity contribution is 5.85. The van der Waals surface area contributed by atoms with Crippen molar-refractivity contribution in [1.29, 1.82) is 0 Å². The minimum atomic E-state index is -0.359. The third kappa shape index (κ3) is 4.79. The summed E-state index contributed by atoms with van der Waals surface area (Å²) in [7, 11) is 0. The van der Waals surface area contributed by atoms with Gasteiger partial charge in [-0.15, -0.1) is 12.4 Å². The van der Waals surface area contributed by atoms with Crippen molar-refractivity contribution < 1.29 is 14.3 Å². The lowest BCUT2D eigenvalue weighted by molar-refractivity contribution is -0.136. The molecule has 144 valence electrons. The number of hydrogen-bond donors (Lipinski definition) is 1.